The fourth-order valence-corrected chi connectivity index (χ4v) is 2.95. The lowest BCUT2D eigenvalue weighted by Gasteiger charge is -2.07. The van der Waals surface area contributed by atoms with Crippen LogP contribution in [0.25, 0.3) is 16.8 Å². The summed E-state index contributed by atoms with van der Waals surface area (Å²) < 4.78 is 16.6. The Labute approximate surface area is 149 Å². The van der Waals surface area contributed by atoms with Gasteiger partial charge in [-0.3, -0.25) is 14.2 Å². The second-order valence-corrected chi connectivity index (χ2v) is 6.18. The number of aromatic nitrogens is 4. The molecule has 0 aliphatic rings. The molecule has 0 saturated carbocycles. The van der Waals surface area contributed by atoms with Crippen LogP contribution in [0.5, 0.6) is 0 Å². The van der Waals surface area contributed by atoms with Crippen LogP contribution in [0.2, 0.25) is 0 Å². The maximum absolute atomic E-state index is 13.5. The van der Waals surface area contributed by atoms with Gasteiger partial charge in [-0.2, -0.15) is 5.10 Å². The van der Waals surface area contributed by atoms with Crippen molar-refractivity contribution in [3.05, 3.63) is 94.7 Å². The van der Waals surface area contributed by atoms with Crippen molar-refractivity contribution in [3.8, 4) is 16.8 Å². The van der Waals surface area contributed by atoms with E-state index in [4.69, 9.17) is 0 Å². The first-order valence-electron chi connectivity index (χ1n) is 8.24. The summed E-state index contributed by atoms with van der Waals surface area (Å²) in [6, 6.07) is 12.3. The average molecular weight is 348 g/mol. The number of rotatable bonds is 4. The van der Waals surface area contributed by atoms with Crippen LogP contribution >= 0.6 is 0 Å². The van der Waals surface area contributed by atoms with Crippen LogP contribution in [0.1, 0.15) is 11.1 Å². The molecule has 0 aliphatic carbocycles. The summed E-state index contributed by atoms with van der Waals surface area (Å²) in [6.07, 6.45) is 7.01. The zero-order valence-electron chi connectivity index (χ0n) is 14.2. The molecular formula is C20H17FN4O. The maximum atomic E-state index is 13.5. The summed E-state index contributed by atoms with van der Waals surface area (Å²) in [5.74, 6) is -0.298. The lowest BCUT2D eigenvalue weighted by Crippen LogP contribution is -2.23. The molecule has 5 nitrogen and oxygen atoms in total. The van der Waals surface area contributed by atoms with Crippen LogP contribution < -0.4 is 5.69 Å². The highest BCUT2D eigenvalue weighted by Crippen LogP contribution is 2.19. The molecule has 4 aromatic rings. The Hall–Kier alpha value is -3.41. The molecule has 2 aromatic carbocycles. The first kappa shape index (κ1) is 16.1. The summed E-state index contributed by atoms with van der Waals surface area (Å²) in [4.78, 5) is 12.7. The number of nitrogens with zero attached hydrogens (tertiary/aromatic N) is 3. The molecule has 130 valence electrons. The second-order valence-electron chi connectivity index (χ2n) is 6.18. The van der Waals surface area contributed by atoms with E-state index in [0.29, 0.717) is 6.54 Å². The number of hydrogen-bond acceptors (Lipinski definition) is 2. The van der Waals surface area contributed by atoms with Crippen molar-refractivity contribution < 1.29 is 4.39 Å². The van der Waals surface area contributed by atoms with Crippen LogP contribution in [-0.2, 0) is 6.54 Å². The third-order valence-electron chi connectivity index (χ3n) is 4.48. The highest BCUT2D eigenvalue weighted by Gasteiger charge is 2.09. The van der Waals surface area contributed by atoms with Gasteiger partial charge < -0.3 is 0 Å². The molecule has 6 heteroatoms. The van der Waals surface area contributed by atoms with Crippen LogP contribution in [0.15, 0.2) is 72.0 Å². The molecule has 0 spiro atoms. The van der Waals surface area contributed by atoms with Gasteiger partial charge in [0.1, 0.15) is 5.82 Å². The second kappa shape index (κ2) is 6.48. The fraction of sp³-hybridized carbons (Fsp3) is 0.100. The van der Waals surface area contributed by atoms with E-state index < -0.39 is 0 Å². The van der Waals surface area contributed by atoms with Gasteiger partial charge in [-0.25, -0.2) is 9.18 Å². The van der Waals surface area contributed by atoms with Gasteiger partial charge in [0, 0.05) is 24.2 Å². The number of halogens is 1. The minimum Gasteiger partial charge on any atom is -0.294 e. The van der Waals surface area contributed by atoms with E-state index in [0.717, 1.165) is 27.9 Å². The minimum absolute atomic E-state index is 0.162. The van der Waals surface area contributed by atoms with Crippen molar-refractivity contribution in [2.75, 3.05) is 0 Å². The lowest BCUT2D eigenvalue weighted by molar-refractivity contribution is 0.621. The standard InChI is InChI=1S/C20H17FN4O/c1-14-2-5-18(21)10-16(14)13-24-8-9-25(20(24)26)19-6-3-15(4-7-19)17-11-22-23-12-17/h2-12H,13H2,1H3,(H,22,23). The Kier molecular flexibility index (Phi) is 4.01. The van der Waals surface area contributed by atoms with Crippen molar-refractivity contribution in [1.29, 1.82) is 0 Å². The molecule has 0 unspecified atom stereocenters. The SMILES string of the molecule is Cc1ccc(F)cc1Cn1ccn(-c2ccc(-c3cn[nH]c3)cc2)c1=O. The number of nitrogens with one attached hydrogen (secondary N) is 1. The Morgan fingerprint density at radius 3 is 2.62 bits per heavy atom. The number of aryl methyl sites for hydroxylation is 1. The van der Waals surface area contributed by atoms with Gasteiger partial charge >= 0.3 is 5.69 Å². The molecule has 4 rings (SSSR count). The first-order valence-corrected chi connectivity index (χ1v) is 8.24. The molecule has 2 heterocycles. The molecule has 2 aromatic heterocycles. The van der Waals surface area contributed by atoms with Gasteiger partial charge in [-0.15, -0.1) is 0 Å². The number of imidazole rings is 1. The number of aromatic amines is 1. The van der Waals surface area contributed by atoms with Crippen LogP contribution in [-0.4, -0.2) is 19.3 Å². The average Bonchev–Trinajstić information content (AvgIpc) is 3.29. The maximum Gasteiger partial charge on any atom is 0.333 e. The van der Waals surface area contributed by atoms with Crippen LogP contribution in [0, 0.1) is 12.7 Å². The summed E-state index contributed by atoms with van der Waals surface area (Å²) in [7, 11) is 0. The Bertz CT molecular complexity index is 1090. The topological polar surface area (TPSA) is 55.6 Å². The highest BCUT2D eigenvalue weighted by molar-refractivity contribution is 5.62. The van der Waals surface area contributed by atoms with E-state index in [-0.39, 0.29) is 11.5 Å². The van der Waals surface area contributed by atoms with Crippen LogP contribution in [0.4, 0.5) is 4.39 Å². The Morgan fingerprint density at radius 2 is 1.88 bits per heavy atom. The molecule has 0 aliphatic heterocycles. The highest BCUT2D eigenvalue weighted by atomic mass is 19.1. The van der Waals surface area contributed by atoms with E-state index in [1.807, 2.05) is 37.4 Å². The lowest BCUT2D eigenvalue weighted by atomic mass is 10.1. The van der Waals surface area contributed by atoms with Gasteiger partial charge in [-0.05, 0) is 47.9 Å². The summed E-state index contributed by atoms with van der Waals surface area (Å²) >= 11 is 0. The third kappa shape index (κ3) is 2.97. The molecule has 0 saturated heterocycles. The van der Waals surface area contributed by atoms with Crippen molar-refractivity contribution in [2.45, 2.75) is 13.5 Å². The van der Waals surface area contributed by atoms with Gasteiger partial charge in [0.2, 0.25) is 0 Å². The van der Waals surface area contributed by atoms with Crippen LogP contribution in [0.3, 0.4) is 0 Å². The minimum atomic E-state index is -0.298. The van der Waals surface area contributed by atoms with Gasteiger partial charge in [0.05, 0.1) is 18.4 Å². The van der Waals surface area contributed by atoms with Crippen molar-refractivity contribution in [3.63, 3.8) is 0 Å². The largest absolute Gasteiger partial charge is 0.333 e. The smallest absolute Gasteiger partial charge is 0.294 e. The molecule has 0 radical (unpaired) electrons. The number of benzene rings is 2. The van der Waals surface area contributed by atoms with E-state index in [2.05, 4.69) is 10.2 Å². The fourth-order valence-electron chi connectivity index (χ4n) is 2.95. The zero-order valence-corrected chi connectivity index (χ0v) is 14.2. The molecule has 1 N–H and O–H groups in total. The molecule has 0 bridgehead atoms. The van der Waals surface area contributed by atoms with Crippen molar-refractivity contribution in [1.82, 2.24) is 19.3 Å². The molecule has 0 amide bonds. The molecule has 0 atom stereocenters. The van der Waals surface area contributed by atoms with E-state index >= 15 is 0 Å². The number of hydrogen-bond donors (Lipinski definition) is 1. The summed E-state index contributed by atoms with van der Waals surface area (Å²) in [5.41, 5.74) is 4.37. The Balaban J connectivity index is 1.63. The molecule has 26 heavy (non-hydrogen) atoms. The van der Waals surface area contributed by atoms with Gasteiger partial charge in [0.15, 0.2) is 0 Å². The predicted molar refractivity (Wildman–Crippen MR) is 97.8 cm³/mol. The van der Waals surface area contributed by atoms with Gasteiger partial charge in [-0.1, -0.05) is 18.2 Å². The summed E-state index contributed by atoms with van der Waals surface area (Å²) in [5, 5.41) is 6.72. The quantitative estimate of drug-likeness (QED) is 0.613. The first-order chi connectivity index (χ1) is 12.6. The zero-order chi connectivity index (χ0) is 18.1. The summed E-state index contributed by atoms with van der Waals surface area (Å²) in [6.45, 7) is 2.24. The van der Waals surface area contributed by atoms with E-state index in [1.165, 1.54) is 12.1 Å². The van der Waals surface area contributed by atoms with Crippen molar-refractivity contribution >= 4 is 0 Å². The van der Waals surface area contributed by atoms with E-state index in [9.17, 15) is 9.18 Å². The van der Waals surface area contributed by atoms with Crippen molar-refractivity contribution in [2.24, 2.45) is 0 Å². The third-order valence-corrected chi connectivity index (χ3v) is 4.48. The molecular weight excluding hydrogens is 331 g/mol. The normalized spacial score (nSPS) is 11.0. The number of H-pyrrole nitrogens is 1. The van der Waals surface area contributed by atoms with E-state index in [1.54, 1.807) is 33.8 Å². The van der Waals surface area contributed by atoms with Gasteiger partial charge in [0.25, 0.3) is 0 Å². The monoisotopic (exact) mass is 348 g/mol. The molecule has 0 fully saturated rings. The predicted octanol–water partition coefficient (Wildman–Crippen LogP) is 3.52. The Morgan fingerprint density at radius 1 is 1.08 bits per heavy atom.